The van der Waals surface area contributed by atoms with Gasteiger partial charge in [-0.05, 0) is 16.3 Å². The smallest absolute Gasteiger partial charge is 0.231 e. The Morgan fingerprint density at radius 2 is 1.82 bits per heavy atom. The highest BCUT2D eigenvalue weighted by Gasteiger charge is 2.08. The lowest BCUT2D eigenvalue weighted by Gasteiger charge is -2.07. The van der Waals surface area contributed by atoms with Crippen LogP contribution in [0.3, 0.4) is 0 Å². The third-order valence-electron chi connectivity index (χ3n) is 3.35. The molecule has 3 rings (SSSR count). The Kier molecular flexibility index (Phi) is 3.96. The van der Waals surface area contributed by atoms with Gasteiger partial charge in [-0.1, -0.05) is 42.5 Å². The molecular weight excluding hydrogens is 278 g/mol. The largest absolute Gasteiger partial charge is 0.494 e. The Bertz CT molecular complexity index is 795. The van der Waals surface area contributed by atoms with E-state index in [-0.39, 0.29) is 18.3 Å². The van der Waals surface area contributed by atoms with E-state index in [2.05, 4.69) is 15.3 Å². The number of carbonyl (C=O) groups excluding carboxylic acids is 1. The molecule has 0 saturated carbocycles. The van der Waals surface area contributed by atoms with Gasteiger partial charge in [0.1, 0.15) is 0 Å². The molecule has 1 aromatic heterocycles. The lowest BCUT2D eigenvalue weighted by atomic mass is 10.0. The molecule has 0 fully saturated rings. The fourth-order valence-corrected chi connectivity index (χ4v) is 2.27. The van der Waals surface area contributed by atoms with Crippen molar-refractivity contribution in [3.8, 4) is 5.75 Å². The highest BCUT2D eigenvalue weighted by molar-refractivity contribution is 5.95. The number of carbonyl (C=O) groups is 1. The van der Waals surface area contributed by atoms with E-state index in [1.807, 2.05) is 42.5 Å². The van der Waals surface area contributed by atoms with Crippen molar-refractivity contribution in [1.82, 2.24) is 9.97 Å². The maximum atomic E-state index is 12.2. The molecule has 0 saturated heterocycles. The maximum Gasteiger partial charge on any atom is 0.231 e. The van der Waals surface area contributed by atoms with Crippen LogP contribution in [-0.4, -0.2) is 23.0 Å². The Hall–Kier alpha value is -2.95. The normalized spacial score (nSPS) is 10.4. The number of benzene rings is 2. The van der Waals surface area contributed by atoms with E-state index in [1.54, 1.807) is 0 Å². The molecule has 0 atom stereocenters. The third kappa shape index (κ3) is 3.03. The summed E-state index contributed by atoms with van der Waals surface area (Å²) in [6, 6.07) is 13.9. The van der Waals surface area contributed by atoms with E-state index in [0.29, 0.717) is 5.75 Å². The second-order valence-electron chi connectivity index (χ2n) is 4.81. The lowest BCUT2D eigenvalue weighted by Crippen LogP contribution is -2.16. The number of ether oxygens (including phenoxy) is 1. The van der Waals surface area contributed by atoms with Crippen molar-refractivity contribution in [2.75, 3.05) is 12.4 Å². The number of nitrogens with one attached hydrogen (secondary N) is 1. The molecule has 0 spiro atoms. The van der Waals surface area contributed by atoms with Gasteiger partial charge in [0.25, 0.3) is 0 Å². The Morgan fingerprint density at radius 3 is 2.59 bits per heavy atom. The van der Waals surface area contributed by atoms with E-state index in [9.17, 15) is 4.79 Å². The molecule has 1 amide bonds. The minimum Gasteiger partial charge on any atom is -0.494 e. The summed E-state index contributed by atoms with van der Waals surface area (Å²) in [6.45, 7) is 0. The predicted molar refractivity (Wildman–Crippen MR) is 84.9 cm³/mol. The molecule has 5 nitrogen and oxygen atoms in total. The number of anilines is 1. The van der Waals surface area contributed by atoms with Gasteiger partial charge in [0, 0.05) is 0 Å². The van der Waals surface area contributed by atoms with Crippen LogP contribution < -0.4 is 10.1 Å². The standard InChI is InChI=1S/C17H15N3O2/c1-22-14-10-18-17(19-11-14)20-16(21)9-13-7-4-6-12-5-2-3-8-15(12)13/h2-8,10-11H,9H2,1H3,(H,18,19,20,21). The van der Waals surface area contributed by atoms with Crippen LogP contribution >= 0.6 is 0 Å². The summed E-state index contributed by atoms with van der Waals surface area (Å²) in [6.07, 6.45) is 3.30. The summed E-state index contributed by atoms with van der Waals surface area (Å²) in [5.41, 5.74) is 0.976. The van der Waals surface area contributed by atoms with E-state index in [1.165, 1.54) is 19.5 Å². The van der Waals surface area contributed by atoms with Gasteiger partial charge in [0.15, 0.2) is 5.75 Å². The summed E-state index contributed by atoms with van der Waals surface area (Å²) in [4.78, 5) is 20.2. The lowest BCUT2D eigenvalue weighted by molar-refractivity contribution is -0.115. The predicted octanol–water partition coefficient (Wildman–Crippen LogP) is 2.82. The van der Waals surface area contributed by atoms with Gasteiger partial charge >= 0.3 is 0 Å². The first-order valence-electron chi connectivity index (χ1n) is 6.89. The molecule has 22 heavy (non-hydrogen) atoms. The molecule has 3 aromatic rings. The first kappa shape index (κ1) is 14.0. The first-order valence-corrected chi connectivity index (χ1v) is 6.89. The van der Waals surface area contributed by atoms with Crippen LogP contribution in [0, 0.1) is 0 Å². The molecule has 110 valence electrons. The molecular formula is C17H15N3O2. The van der Waals surface area contributed by atoms with Gasteiger partial charge in [-0.15, -0.1) is 0 Å². The average molecular weight is 293 g/mol. The molecule has 0 aliphatic heterocycles. The van der Waals surface area contributed by atoms with Crippen molar-refractivity contribution in [2.45, 2.75) is 6.42 Å². The summed E-state index contributed by atoms with van der Waals surface area (Å²) < 4.78 is 4.98. The summed E-state index contributed by atoms with van der Waals surface area (Å²) in [5.74, 6) is 0.666. The highest BCUT2D eigenvalue weighted by Crippen LogP contribution is 2.19. The molecule has 0 aliphatic carbocycles. The number of hydrogen-bond donors (Lipinski definition) is 1. The number of nitrogens with zero attached hydrogens (tertiary/aromatic N) is 2. The van der Waals surface area contributed by atoms with Crippen molar-refractivity contribution >= 4 is 22.6 Å². The topological polar surface area (TPSA) is 64.1 Å². The van der Waals surface area contributed by atoms with Crippen molar-refractivity contribution in [3.05, 3.63) is 60.4 Å². The summed E-state index contributed by atoms with van der Waals surface area (Å²) in [5, 5.41) is 4.89. The number of hydrogen-bond acceptors (Lipinski definition) is 4. The quantitative estimate of drug-likeness (QED) is 0.803. The van der Waals surface area contributed by atoms with Crippen molar-refractivity contribution < 1.29 is 9.53 Å². The molecule has 5 heteroatoms. The minimum atomic E-state index is -0.151. The van der Waals surface area contributed by atoms with Crippen LogP contribution in [0.2, 0.25) is 0 Å². The van der Waals surface area contributed by atoms with Gasteiger partial charge in [-0.2, -0.15) is 0 Å². The average Bonchev–Trinajstić information content (AvgIpc) is 2.56. The zero-order valence-corrected chi connectivity index (χ0v) is 12.1. The Labute approximate surface area is 128 Å². The monoisotopic (exact) mass is 293 g/mol. The number of fused-ring (bicyclic) bond motifs is 1. The first-order chi connectivity index (χ1) is 10.8. The summed E-state index contributed by atoms with van der Waals surface area (Å²) in [7, 11) is 1.54. The zero-order chi connectivity index (χ0) is 15.4. The molecule has 0 unspecified atom stereocenters. The van der Waals surface area contributed by atoms with E-state index in [4.69, 9.17) is 4.74 Å². The van der Waals surface area contributed by atoms with E-state index >= 15 is 0 Å². The maximum absolute atomic E-state index is 12.2. The minimum absolute atomic E-state index is 0.151. The molecule has 0 aliphatic rings. The molecule has 2 aromatic carbocycles. The molecule has 0 radical (unpaired) electrons. The van der Waals surface area contributed by atoms with Crippen LogP contribution in [0.25, 0.3) is 10.8 Å². The highest BCUT2D eigenvalue weighted by atomic mass is 16.5. The third-order valence-corrected chi connectivity index (χ3v) is 3.35. The zero-order valence-electron chi connectivity index (χ0n) is 12.1. The number of methoxy groups -OCH3 is 1. The molecule has 0 bridgehead atoms. The van der Waals surface area contributed by atoms with Crippen LogP contribution in [-0.2, 0) is 11.2 Å². The van der Waals surface area contributed by atoms with Gasteiger partial charge < -0.3 is 4.74 Å². The number of aromatic nitrogens is 2. The van der Waals surface area contributed by atoms with Gasteiger partial charge in [0.2, 0.25) is 11.9 Å². The van der Waals surface area contributed by atoms with E-state index in [0.717, 1.165) is 16.3 Å². The van der Waals surface area contributed by atoms with Crippen LogP contribution in [0.4, 0.5) is 5.95 Å². The molecule has 1 heterocycles. The SMILES string of the molecule is COc1cnc(NC(=O)Cc2cccc3ccccc23)nc1. The number of rotatable bonds is 4. The Balaban J connectivity index is 1.75. The second-order valence-corrected chi connectivity index (χ2v) is 4.81. The van der Waals surface area contributed by atoms with Crippen molar-refractivity contribution in [2.24, 2.45) is 0 Å². The van der Waals surface area contributed by atoms with Crippen LogP contribution in [0.1, 0.15) is 5.56 Å². The van der Waals surface area contributed by atoms with Gasteiger partial charge in [0.05, 0.1) is 25.9 Å². The van der Waals surface area contributed by atoms with Crippen LogP contribution in [0.5, 0.6) is 5.75 Å². The Morgan fingerprint density at radius 1 is 1.09 bits per heavy atom. The van der Waals surface area contributed by atoms with E-state index < -0.39 is 0 Å². The van der Waals surface area contributed by atoms with Gasteiger partial charge in [-0.3, -0.25) is 10.1 Å². The fraction of sp³-hybridized carbons (Fsp3) is 0.118. The van der Waals surface area contributed by atoms with Crippen molar-refractivity contribution in [3.63, 3.8) is 0 Å². The number of amides is 1. The van der Waals surface area contributed by atoms with Crippen LogP contribution in [0.15, 0.2) is 54.9 Å². The molecule has 1 N–H and O–H groups in total. The second kappa shape index (κ2) is 6.22. The fourth-order valence-electron chi connectivity index (χ4n) is 2.27. The van der Waals surface area contributed by atoms with Gasteiger partial charge in [-0.25, -0.2) is 9.97 Å². The van der Waals surface area contributed by atoms with Crippen molar-refractivity contribution in [1.29, 1.82) is 0 Å². The summed E-state index contributed by atoms with van der Waals surface area (Å²) >= 11 is 0.